The van der Waals surface area contributed by atoms with Gasteiger partial charge in [0.15, 0.2) is 0 Å². The molecule has 0 unspecified atom stereocenters. The fraction of sp³-hybridized carbons (Fsp3) is 0.688. The smallest absolute Gasteiger partial charge is 0.328 e. The van der Waals surface area contributed by atoms with Gasteiger partial charge in [0.2, 0.25) is 5.91 Å². The molecular formula is C16H25NO5S. The molecule has 23 heavy (non-hydrogen) atoms. The first-order valence-electron chi connectivity index (χ1n) is 7.72. The molecule has 130 valence electrons. The lowest BCUT2D eigenvalue weighted by atomic mass is 10.1. The molecule has 0 bridgehead atoms. The highest BCUT2D eigenvalue weighted by Gasteiger charge is 2.24. The number of hydrogen-bond donors (Lipinski definition) is 1. The van der Waals surface area contributed by atoms with Gasteiger partial charge in [-0.15, -0.1) is 0 Å². The summed E-state index contributed by atoms with van der Waals surface area (Å²) >= 11 is 1.59. The Kier molecular flexibility index (Phi) is 8.76. The van der Waals surface area contributed by atoms with E-state index in [0.717, 1.165) is 5.75 Å². The van der Waals surface area contributed by atoms with Crippen LogP contribution >= 0.6 is 11.8 Å². The average molecular weight is 343 g/mol. The molecule has 1 aliphatic rings. The first kappa shape index (κ1) is 19.5. The Bertz CT molecular complexity index is 452. The maximum atomic E-state index is 12.1. The second-order valence-corrected chi connectivity index (χ2v) is 6.66. The number of carbonyl (C=O) groups is 3. The Morgan fingerprint density at radius 2 is 1.87 bits per heavy atom. The summed E-state index contributed by atoms with van der Waals surface area (Å²) in [6.07, 6.45) is 6.15. The number of rotatable bonds is 3. The minimum atomic E-state index is -0.688. The van der Waals surface area contributed by atoms with Gasteiger partial charge in [0.25, 0.3) is 0 Å². The van der Waals surface area contributed by atoms with Gasteiger partial charge in [-0.05, 0) is 25.4 Å². The minimum absolute atomic E-state index is 0.0247. The van der Waals surface area contributed by atoms with Crippen molar-refractivity contribution < 1.29 is 23.9 Å². The Balaban J connectivity index is 2.80. The van der Waals surface area contributed by atoms with Crippen LogP contribution in [0, 0.1) is 11.8 Å². The molecule has 1 heterocycles. The van der Waals surface area contributed by atoms with Crippen molar-refractivity contribution in [1.82, 2.24) is 5.32 Å². The first-order valence-corrected chi connectivity index (χ1v) is 9.11. The molecule has 0 saturated heterocycles. The van der Waals surface area contributed by atoms with Crippen LogP contribution in [0.3, 0.4) is 0 Å². The molecule has 1 amide bonds. The van der Waals surface area contributed by atoms with Crippen LogP contribution in [0.2, 0.25) is 0 Å². The monoisotopic (exact) mass is 343 g/mol. The van der Waals surface area contributed by atoms with E-state index in [-0.39, 0.29) is 37.4 Å². The van der Waals surface area contributed by atoms with Crippen molar-refractivity contribution in [3.63, 3.8) is 0 Å². The van der Waals surface area contributed by atoms with E-state index in [1.165, 1.54) is 0 Å². The van der Waals surface area contributed by atoms with E-state index in [1.807, 2.05) is 19.3 Å². The third-order valence-electron chi connectivity index (χ3n) is 3.36. The lowest BCUT2D eigenvalue weighted by Gasteiger charge is -2.19. The Hall–Kier alpha value is -1.50. The summed E-state index contributed by atoms with van der Waals surface area (Å²) in [5.41, 5.74) is 0. The van der Waals surface area contributed by atoms with Gasteiger partial charge in [0.05, 0.1) is 12.5 Å². The van der Waals surface area contributed by atoms with Crippen molar-refractivity contribution in [3.05, 3.63) is 12.2 Å². The maximum Gasteiger partial charge on any atom is 0.328 e. The number of ether oxygens (including phenoxy) is 2. The van der Waals surface area contributed by atoms with Gasteiger partial charge in [-0.2, -0.15) is 11.8 Å². The Morgan fingerprint density at radius 1 is 1.17 bits per heavy atom. The van der Waals surface area contributed by atoms with Crippen LogP contribution in [-0.2, 0) is 23.9 Å². The highest BCUT2D eigenvalue weighted by atomic mass is 32.2. The van der Waals surface area contributed by atoms with Crippen molar-refractivity contribution in [2.75, 3.05) is 25.2 Å². The molecule has 0 aromatic carbocycles. The van der Waals surface area contributed by atoms with Gasteiger partial charge in [-0.25, -0.2) is 4.79 Å². The summed E-state index contributed by atoms with van der Waals surface area (Å²) in [5.74, 6) is -0.906. The highest BCUT2D eigenvalue weighted by molar-refractivity contribution is 7.98. The highest BCUT2D eigenvalue weighted by Crippen LogP contribution is 2.08. The molecule has 0 fully saturated rings. The first-order chi connectivity index (χ1) is 10.9. The fourth-order valence-corrected chi connectivity index (χ4v) is 2.40. The second kappa shape index (κ2) is 10.3. The van der Waals surface area contributed by atoms with Crippen molar-refractivity contribution in [1.29, 1.82) is 0 Å². The topological polar surface area (TPSA) is 81.7 Å². The lowest BCUT2D eigenvalue weighted by Crippen LogP contribution is -2.42. The molecule has 3 atom stereocenters. The van der Waals surface area contributed by atoms with Crippen LogP contribution in [0.25, 0.3) is 0 Å². The molecule has 6 nitrogen and oxygen atoms in total. The van der Waals surface area contributed by atoms with E-state index in [1.54, 1.807) is 24.8 Å². The molecule has 0 radical (unpaired) electrons. The van der Waals surface area contributed by atoms with E-state index < -0.39 is 17.9 Å². The number of carbonyl (C=O) groups excluding carboxylic acids is 3. The molecule has 1 aliphatic heterocycles. The Morgan fingerprint density at radius 3 is 2.57 bits per heavy atom. The zero-order chi connectivity index (χ0) is 17.2. The molecule has 1 N–H and O–H groups in total. The van der Waals surface area contributed by atoms with Crippen molar-refractivity contribution >= 4 is 29.6 Å². The predicted octanol–water partition coefficient (Wildman–Crippen LogP) is 1.54. The second-order valence-electron chi connectivity index (χ2n) is 5.67. The van der Waals surface area contributed by atoms with E-state index in [0.29, 0.717) is 6.42 Å². The van der Waals surface area contributed by atoms with Gasteiger partial charge >= 0.3 is 11.9 Å². The van der Waals surface area contributed by atoms with Crippen LogP contribution in [0.5, 0.6) is 0 Å². The lowest BCUT2D eigenvalue weighted by molar-refractivity contribution is -0.156. The largest absolute Gasteiger partial charge is 0.465 e. The maximum absolute atomic E-state index is 12.1. The van der Waals surface area contributed by atoms with Crippen LogP contribution < -0.4 is 5.32 Å². The third kappa shape index (κ3) is 7.54. The molecule has 1 rings (SSSR count). The predicted molar refractivity (Wildman–Crippen MR) is 88.9 cm³/mol. The van der Waals surface area contributed by atoms with Crippen LogP contribution in [-0.4, -0.2) is 49.1 Å². The summed E-state index contributed by atoms with van der Waals surface area (Å²) < 4.78 is 10.4. The quantitative estimate of drug-likeness (QED) is 0.618. The summed E-state index contributed by atoms with van der Waals surface area (Å²) in [4.78, 5) is 35.9. The Labute approximate surface area is 141 Å². The normalized spacial score (nSPS) is 27.6. The van der Waals surface area contributed by atoms with Gasteiger partial charge in [0, 0.05) is 12.3 Å². The van der Waals surface area contributed by atoms with E-state index >= 15 is 0 Å². The van der Waals surface area contributed by atoms with Crippen LogP contribution in [0.15, 0.2) is 12.2 Å². The summed E-state index contributed by atoms with van der Waals surface area (Å²) in [6, 6.07) is -0.688. The molecule has 0 aromatic rings. The van der Waals surface area contributed by atoms with Crippen LogP contribution in [0.4, 0.5) is 0 Å². The number of esters is 2. The van der Waals surface area contributed by atoms with Gasteiger partial charge in [0.1, 0.15) is 12.6 Å². The number of nitrogens with one attached hydrogen (secondary N) is 1. The standard InChI is InChI=1S/C16H25NO5S/c1-11-5-4-6-14(18)17-13(7-8-23-3)16(20)22-10-12(2)15(19)21-9-11/h4-5,11-13H,6-10H2,1-3H3,(H,17,18)/t11-,12+,13+/m1/s1. The van der Waals surface area contributed by atoms with Gasteiger partial charge < -0.3 is 14.8 Å². The molecule has 7 heteroatoms. The average Bonchev–Trinajstić information content (AvgIpc) is 2.52. The van der Waals surface area contributed by atoms with E-state index in [4.69, 9.17) is 9.47 Å². The van der Waals surface area contributed by atoms with E-state index in [9.17, 15) is 14.4 Å². The summed E-state index contributed by atoms with van der Waals surface area (Å²) in [7, 11) is 0. The zero-order valence-corrected chi connectivity index (χ0v) is 14.7. The van der Waals surface area contributed by atoms with E-state index in [2.05, 4.69) is 5.32 Å². The van der Waals surface area contributed by atoms with Crippen LogP contribution in [0.1, 0.15) is 26.7 Å². The molecule has 0 aromatic heterocycles. The molecule has 0 saturated carbocycles. The molecular weight excluding hydrogens is 318 g/mol. The number of hydrogen-bond acceptors (Lipinski definition) is 6. The zero-order valence-electron chi connectivity index (χ0n) is 13.9. The van der Waals surface area contributed by atoms with Gasteiger partial charge in [-0.3, -0.25) is 9.59 Å². The summed E-state index contributed by atoms with van der Waals surface area (Å²) in [6.45, 7) is 3.75. The number of amides is 1. The van der Waals surface area contributed by atoms with Crippen molar-refractivity contribution in [2.45, 2.75) is 32.7 Å². The fourth-order valence-electron chi connectivity index (χ4n) is 1.93. The van der Waals surface area contributed by atoms with Crippen molar-refractivity contribution in [3.8, 4) is 0 Å². The SMILES string of the molecule is CSCC[C@@H]1NC(=O)CC=C[C@@H](C)COC(=O)[C@@H](C)COC1=O. The molecule has 0 spiro atoms. The van der Waals surface area contributed by atoms with Gasteiger partial charge in [-0.1, -0.05) is 19.1 Å². The minimum Gasteiger partial charge on any atom is -0.465 e. The number of cyclic esters (lactones) is 2. The number of thioether (sulfide) groups is 1. The molecule has 0 aliphatic carbocycles. The van der Waals surface area contributed by atoms with Crippen molar-refractivity contribution in [2.24, 2.45) is 11.8 Å². The summed E-state index contributed by atoms with van der Waals surface area (Å²) in [5, 5.41) is 2.70. The third-order valence-corrected chi connectivity index (χ3v) is 4.01.